The van der Waals surface area contributed by atoms with Crippen LogP contribution in [0.25, 0.3) is 5.69 Å². The molecule has 7 nitrogen and oxygen atoms in total. The van der Waals surface area contributed by atoms with Crippen molar-refractivity contribution in [3.8, 4) is 5.69 Å². The summed E-state index contributed by atoms with van der Waals surface area (Å²) in [6.07, 6.45) is 1.48. The van der Waals surface area contributed by atoms with Crippen LogP contribution in [-0.4, -0.2) is 41.0 Å². The average molecular weight is 392 g/mol. The maximum Gasteiger partial charge on any atom is 0.357 e. The van der Waals surface area contributed by atoms with Gasteiger partial charge in [0.25, 0.3) is 0 Å². The Morgan fingerprint density at radius 3 is 2.34 bits per heavy atom. The minimum absolute atomic E-state index is 0.150. The van der Waals surface area contributed by atoms with Gasteiger partial charge in [0.2, 0.25) is 5.78 Å². The maximum atomic E-state index is 12.6. The summed E-state index contributed by atoms with van der Waals surface area (Å²) in [5.74, 6) is -1.37. The summed E-state index contributed by atoms with van der Waals surface area (Å²) >= 11 is 0. The summed E-state index contributed by atoms with van der Waals surface area (Å²) in [7, 11) is 1.33. The second kappa shape index (κ2) is 8.52. The van der Waals surface area contributed by atoms with Gasteiger partial charge in [-0.15, -0.1) is 0 Å². The Morgan fingerprint density at radius 2 is 1.72 bits per heavy atom. The largest absolute Gasteiger partial charge is 0.465 e. The fraction of sp³-hybridized carbons (Fsp3) is 0.182. The highest BCUT2D eigenvalue weighted by Crippen LogP contribution is 2.22. The number of aromatic nitrogens is 2. The Kier molecular flexibility index (Phi) is 5.87. The lowest BCUT2D eigenvalue weighted by Gasteiger charge is -2.10. The molecule has 0 saturated carbocycles. The van der Waals surface area contributed by atoms with Gasteiger partial charge in [0.05, 0.1) is 12.7 Å². The van der Waals surface area contributed by atoms with Crippen molar-refractivity contribution in [3.63, 3.8) is 0 Å². The van der Waals surface area contributed by atoms with E-state index in [1.165, 1.54) is 19.4 Å². The van der Waals surface area contributed by atoms with Crippen LogP contribution in [0.15, 0.2) is 54.7 Å². The maximum absolute atomic E-state index is 12.6. The van der Waals surface area contributed by atoms with E-state index in [9.17, 15) is 14.4 Å². The number of carbonyl (C=O) groups is 3. The van der Waals surface area contributed by atoms with Gasteiger partial charge in [0, 0.05) is 28.8 Å². The van der Waals surface area contributed by atoms with Crippen LogP contribution in [0.1, 0.15) is 42.6 Å². The summed E-state index contributed by atoms with van der Waals surface area (Å²) in [5.41, 5.74) is 3.42. The van der Waals surface area contributed by atoms with E-state index >= 15 is 0 Å². The van der Waals surface area contributed by atoms with Crippen LogP contribution in [0.3, 0.4) is 0 Å². The molecular weight excluding hydrogens is 372 g/mol. The third kappa shape index (κ3) is 4.24. The number of rotatable bonds is 6. The van der Waals surface area contributed by atoms with Crippen molar-refractivity contribution in [3.05, 3.63) is 82.9 Å². The molecule has 7 heteroatoms. The number of nitrogens with zero attached hydrogens (tertiary/aromatic N) is 2. The lowest BCUT2D eigenvalue weighted by molar-refractivity contribution is 0.0468. The summed E-state index contributed by atoms with van der Waals surface area (Å²) < 4.78 is 11.7. The normalized spacial score (nSPS) is 10.4. The van der Waals surface area contributed by atoms with Crippen molar-refractivity contribution in [2.45, 2.75) is 13.8 Å². The molecule has 3 rings (SSSR count). The van der Waals surface area contributed by atoms with Gasteiger partial charge in [0.1, 0.15) is 5.69 Å². The van der Waals surface area contributed by atoms with Gasteiger partial charge in [-0.05, 0) is 56.3 Å². The Bertz CT molecular complexity index is 1050. The molecule has 2 heterocycles. The predicted molar refractivity (Wildman–Crippen MR) is 105 cm³/mol. The molecule has 3 aromatic rings. The molecule has 0 saturated heterocycles. The minimum Gasteiger partial charge on any atom is -0.465 e. The van der Waals surface area contributed by atoms with Gasteiger partial charge in [-0.25, -0.2) is 14.6 Å². The van der Waals surface area contributed by atoms with E-state index < -0.39 is 11.9 Å². The Hall–Kier alpha value is -3.74. The van der Waals surface area contributed by atoms with Gasteiger partial charge in [0.15, 0.2) is 6.61 Å². The standard InChI is InChI=1S/C22H20N2O5/c1-14-12-18(20(25)13-29-22(27)19-6-4-5-11-23-19)15(2)24(14)17-9-7-16(8-10-17)21(26)28-3/h4-12H,13H2,1-3H3. The molecule has 2 aromatic heterocycles. The summed E-state index contributed by atoms with van der Waals surface area (Å²) in [6, 6.07) is 13.5. The summed E-state index contributed by atoms with van der Waals surface area (Å²) in [5, 5.41) is 0. The van der Waals surface area contributed by atoms with E-state index in [1.807, 2.05) is 18.4 Å². The number of esters is 2. The number of benzene rings is 1. The molecular formula is C22H20N2O5. The molecule has 0 amide bonds. The third-order valence-corrected chi connectivity index (χ3v) is 4.49. The first-order valence-corrected chi connectivity index (χ1v) is 8.91. The van der Waals surface area contributed by atoms with Crippen LogP contribution in [0.4, 0.5) is 0 Å². The number of hydrogen-bond acceptors (Lipinski definition) is 6. The van der Waals surface area contributed by atoms with Gasteiger partial charge in [-0.3, -0.25) is 4.79 Å². The number of Topliss-reactive ketones (excluding diaryl/α,β-unsaturated/α-hetero) is 1. The van der Waals surface area contributed by atoms with Crippen molar-refractivity contribution in [2.75, 3.05) is 13.7 Å². The summed E-state index contributed by atoms with van der Waals surface area (Å²) in [4.78, 5) is 40.1. The van der Waals surface area contributed by atoms with E-state index in [0.29, 0.717) is 16.8 Å². The highest BCUT2D eigenvalue weighted by molar-refractivity contribution is 6.00. The summed E-state index contributed by atoms with van der Waals surface area (Å²) in [6.45, 7) is 3.31. The molecule has 0 spiro atoms. The van der Waals surface area contributed by atoms with Crippen molar-refractivity contribution >= 4 is 17.7 Å². The zero-order valence-electron chi connectivity index (χ0n) is 16.3. The predicted octanol–water partition coefficient (Wildman–Crippen LogP) is 3.32. The van der Waals surface area contributed by atoms with Crippen LogP contribution in [0.2, 0.25) is 0 Å². The second-order valence-corrected chi connectivity index (χ2v) is 6.37. The SMILES string of the molecule is COC(=O)c1ccc(-n2c(C)cc(C(=O)COC(=O)c3ccccn3)c2C)cc1. The number of methoxy groups -OCH3 is 1. The fourth-order valence-corrected chi connectivity index (χ4v) is 3.07. The first kappa shape index (κ1) is 20.0. The second-order valence-electron chi connectivity index (χ2n) is 6.37. The molecule has 0 aliphatic carbocycles. The van der Waals surface area contributed by atoms with Crippen molar-refractivity contribution < 1.29 is 23.9 Å². The monoisotopic (exact) mass is 392 g/mol. The highest BCUT2D eigenvalue weighted by Gasteiger charge is 2.19. The number of ketones is 1. The lowest BCUT2D eigenvalue weighted by atomic mass is 10.1. The fourth-order valence-electron chi connectivity index (χ4n) is 3.07. The van der Waals surface area contributed by atoms with Crippen LogP contribution >= 0.6 is 0 Å². The van der Waals surface area contributed by atoms with E-state index in [0.717, 1.165) is 11.4 Å². The number of pyridine rings is 1. The smallest absolute Gasteiger partial charge is 0.357 e. The van der Waals surface area contributed by atoms with Crippen LogP contribution in [-0.2, 0) is 9.47 Å². The van der Waals surface area contributed by atoms with E-state index in [1.54, 1.807) is 42.5 Å². The molecule has 0 aliphatic heterocycles. The molecule has 0 fully saturated rings. The molecule has 0 atom stereocenters. The Morgan fingerprint density at radius 1 is 1.00 bits per heavy atom. The lowest BCUT2D eigenvalue weighted by Crippen LogP contribution is -2.15. The quantitative estimate of drug-likeness (QED) is 0.472. The van der Waals surface area contributed by atoms with Gasteiger partial charge < -0.3 is 14.0 Å². The molecule has 0 N–H and O–H groups in total. The molecule has 0 aliphatic rings. The zero-order valence-corrected chi connectivity index (χ0v) is 16.3. The van der Waals surface area contributed by atoms with Crippen molar-refractivity contribution in [1.82, 2.24) is 9.55 Å². The van der Waals surface area contributed by atoms with Crippen LogP contribution < -0.4 is 0 Å². The van der Waals surface area contributed by atoms with Crippen molar-refractivity contribution in [2.24, 2.45) is 0 Å². The molecule has 0 unspecified atom stereocenters. The number of aryl methyl sites for hydroxylation is 1. The van der Waals surface area contributed by atoms with E-state index in [-0.39, 0.29) is 18.1 Å². The van der Waals surface area contributed by atoms with Gasteiger partial charge in [-0.2, -0.15) is 0 Å². The Labute approximate surface area is 167 Å². The van der Waals surface area contributed by atoms with Crippen molar-refractivity contribution in [1.29, 1.82) is 0 Å². The highest BCUT2D eigenvalue weighted by atomic mass is 16.5. The molecule has 1 aromatic carbocycles. The Balaban J connectivity index is 1.77. The first-order valence-electron chi connectivity index (χ1n) is 8.91. The molecule has 148 valence electrons. The minimum atomic E-state index is -0.647. The number of hydrogen-bond donors (Lipinski definition) is 0. The third-order valence-electron chi connectivity index (χ3n) is 4.49. The molecule has 0 radical (unpaired) electrons. The molecule has 29 heavy (non-hydrogen) atoms. The first-order chi connectivity index (χ1) is 13.9. The van der Waals surface area contributed by atoms with Gasteiger partial charge >= 0.3 is 11.9 Å². The molecule has 0 bridgehead atoms. The van der Waals surface area contributed by atoms with Gasteiger partial charge in [-0.1, -0.05) is 6.07 Å². The number of ether oxygens (including phenoxy) is 2. The zero-order chi connectivity index (χ0) is 21.0. The van der Waals surface area contributed by atoms with E-state index in [2.05, 4.69) is 4.98 Å². The number of carbonyl (C=O) groups excluding carboxylic acids is 3. The average Bonchev–Trinajstić information content (AvgIpc) is 3.06. The van der Waals surface area contributed by atoms with Crippen LogP contribution in [0.5, 0.6) is 0 Å². The topological polar surface area (TPSA) is 87.5 Å². The van der Waals surface area contributed by atoms with E-state index in [4.69, 9.17) is 9.47 Å². The van der Waals surface area contributed by atoms with Crippen LogP contribution in [0, 0.1) is 13.8 Å².